The molecule has 2 heterocycles. The van der Waals surface area contributed by atoms with Crippen molar-refractivity contribution < 1.29 is 4.42 Å². The minimum atomic E-state index is 0.495. The van der Waals surface area contributed by atoms with Gasteiger partial charge in [-0.2, -0.15) is 0 Å². The van der Waals surface area contributed by atoms with E-state index in [4.69, 9.17) is 4.42 Å². The fraction of sp³-hybridized carbons (Fsp3) is 0.692. The van der Waals surface area contributed by atoms with Crippen molar-refractivity contribution in [1.29, 1.82) is 0 Å². The van der Waals surface area contributed by atoms with E-state index in [0.29, 0.717) is 12.1 Å². The van der Waals surface area contributed by atoms with E-state index in [0.717, 1.165) is 18.7 Å². The third-order valence-electron chi connectivity index (χ3n) is 3.18. The van der Waals surface area contributed by atoms with E-state index in [9.17, 15) is 0 Å². The molecule has 1 saturated heterocycles. The molecule has 0 aromatic carbocycles. The Hall–Kier alpha value is -0.800. The smallest absolute Gasteiger partial charge is 0.105 e. The van der Waals surface area contributed by atoms with Crippen LogP contribution in [0.3, 0.4) is 0 Å². The molecule has 1 aromatic rings. The first-order valence-electron chi connectivity index (χ1n) is 6.34. The Bertz CT molecular complexity index is 276. The topological polar surface area (TPSA) is 37.2 Å². The predicted molar refractivity (Wildman–Crippen MR) is 65.5 cm³/mol. The van der Waals surface area contributed by atoms with Crippen LogP contribution >= 0.6 is 0 Å². The zero-order valence-corrected chi connectivity index (χ0v) is 10.0. The molecule has 16 heavy (non-hydrogen) atoms. The number of furan rings is 1. The second-order valence-corrected chi connectivity index (χ2v) is 4.73. The van der Waals surface area contributed by atoms with Crippen molar-refractivity contribution in [2.45, 2.75) is 44.7 Å². The Balaban J connectivity index is 1.75. The lowest BCUT2D eigenvalue weighted by Gasteiger charge is -2.21. The van der Waals surface area contributed by atoms with Gasteiger partial charge in [0.05, 0.1) is 6.26 Å². The van der Waals surface area contributed by atoms with Crippen LogP contribution in [0.15, 0.2) is 22.8 Å². The zero-order valence-electron chi connectivity index (χ0n) is 10.0. The second kappa shape index (κ2) is 6.06. The molecule has 1 aliphatic rings. The van der Waals surface area contributed by atoms with Gasteiger partial charge in [-0.1, -0.05) is 0 Å². The summed E-state index contributed by atoms with van der Waals surface area (Å²) in [5.74, 6) is 1.08. The first-order chi connectivity index (χ1) is 7.84. The summed E-state index contributed by atoms with van der Waals surface area (Å²) < 4.78 is 5.37. The molecule has 0 aliphatic carbocycles. The molecule has 1 fully saturated rings. The Morgan fingerprint density at radius 3 is 3.25 bits per heavy atom. The lowest BCUT2D eigenvalue weighted by molar-refractivity contribution is 0.390. The molecule has 2 rings (SSSR count). The summed E-state index contributed by atoms with van der Waals surface area (Å²) in [5, 5.41) is 7.13. The lowest BCUT2D eigenvalue weighted by atomic mass is 10.1. The standard InChI is InChI=1S/C13H22N2O/c1-11(10-13-5-3-9-16-13)15-12-4-2-7-14-8-6-12/h3,5,9,11-12,14-15H,2,4,6-8,10H2,1H3. The van der Waals surface area contributed by atoms with E-state index in [1.54, 1.807) is 6.26 Å². The van der Waals surface area contributed by atoms with Crippen LogP contribution in [0.5, 0.6) is 0 Å². The van der Waals surface area contributed by atoms with Gasteiger partial charge in [-0.25, -0.2) is 0 Å². The Morgan fingerprint density at radius 2 is 2.44 bits per heavy atom. The summed E-state index contributed by atoms with van der Waals surface area (Å²) in [5.41, 5.74) is 0. The summed E-state index contributed by atoms with van der Waals surface area (Å²) in [4.78, 5) is 0. The van der Waals surface area contributed by atoms with Gasteiger partial charge in [0.1, 0.15) is 5.76 Å². The summed E-state index contributed by atoms with van der Waals surface area (Å²) >= 11 is 0. The normalized spacial score (nSPS) is 23.9. The molecule has 0 radical (unpaired) electrons. The summed E-state index contributed by atoms with van der Waals surface area (Å²) in [6, 6.07) is 5.17. The largest absolute Gasteiger partial charge is 0.469 e. The Morgan fingerprint density at radius 1 is 1.50 bits per heavy atom. The maximum absolute atomic E-state index is 5.37. The zero-order chi connectivity index (χ0) is 11.2. The molecule has 2 unspecified atom stereocenters. The van der Waals surface area contributed by atoms with Crippen molar-refractivity contribution in [3.05, 3.63) is 24.2 Å². The van der Waals surface area contributed by atoms with Crippen LogP contribution in [-0.2, 0) is 6.42 Å². The molecular formula is C13H22N2O. The van der Waals surface area contributed by atoms with Crippen molar-refractivity contribution in [2.75, 3.05) is 13.1 Å². The van der Waals surface area contributed by atoms with Gasteiger partial charge in [-0.05, 0) is 51.4 Å². The maximum Gasteiger partial charge on any atom is 0.105 e. The van der Waals surface area contributed by atoms with Gasteiger partial charge in [0, 0.05) is 18.5 Å². The molecule has 0 spiro atoms. The number of hydrogen-bond donors (Lipinski definition) is 2. The van der Waals surface area contributed by atoms with Crippen LogP contribution in [-0.4, -0.2) is 25.2 Å². The van der Waals surface area contributed by atoms with Gasteiger partial charge in [0.15, 0.2) is 0 Å². The number of hydrogen-bond acceptors (Lipinski definition) is 3. The van der Waals surface area contributed by atoms with Crippen molar-refractivity contribution in [3.63, 3.8) is 0 Å². The molecule has 1 aliphatic heterocycles. The highest BCUT2D eigenvalue weighted by Gasteiger charge is 2.14. The third-order valence-corrected chi connectivity index (χ3v) is 3.18. The average Bonchev–Trinajstić information content (AvgIpc) is 2.62. The minimum Gasteiger partial charge on any atom is -0.469 e. The third kappa shape index (κ3) is 3.65. The van der Waals surface area contributed by atoms with Crippen LogP contribution in [0, 0.1) is 0 Å². The van der Waals surface area contributed by atoms with E-state index in [2.05, 4.69) is 17.6 Å². The highest BCUT2D eigenvalue weighted by atomic mass is 16.3. The summed E-state index contributed by atoms with van der Waals surface area (Å²) in [6.45, 7) is 4.55. The average molecular weight is 222 g/mol. The van der Waals surface area contributed by atoms with E-state index in [1.807, 2.05) is 12.1 Å². The van der Waals surface area contributed by atoms with Crippen molar-refractivity contribution in [2.24, 2.45) is 0 Å². The molecular weight excluding hydrogens is 200 g/mol. The molecule has 90 valence electrons. The highest BCUT2D eigenvalue weighted by Crippen LogP contribution is 2.09. The van der Waals surface area contributed by atoms with Crippen molar-refractivity contribution >= 4 is 0 Å². The predicted octanol–water partition coefficient (Wildman–Crippen LogP) is 1.94. The van der Waals surface area contributed by atoms with Crippen LogP contribution in [0.2, 0.25) is 0 Å². The Kier molecular flexibility index (Phi) is 4.43. The molecule has 3 heteroatoms. The highest BCUT2D eigenvalue weighted by molar-refractivity contribution is 5.00. The van der Waals surface area contributed by atoms with E-state index in [-0.39, 0.29) is 0 Å². The van der Waals surface area contributed by atoms with Crippen molar-refractivity contribution in [3.8, 4) is 0 Å². The Labute approximate surface area is 97.6 Å². The molecule has 1 aromatic heterocycles. The fourth-order valence-corrected chi connectivity index (χ4v) is 2.38. The molecule has 0 saturated carbocycles. The molecule has 3 nitrogen and oxygen atoms in total. The van der Waals surface area contributed by atoms with Gasteiger partial charge >= 0.3 is 0 Å². The van der Waals surface area contributed by atoms with Crippen LogP contribution in [0.25, 0.3) is 0 Å². The van der Waals surface area contributed by atoms with Gasteiger partial charge < -0.3 is 15.1 Å². The SMILES string of the molecule is CC(Cc1ccco1)NC1CCCNCC1. The van der Waals surface area contributed by atoms with Gasteiger partial charge in [-0.15, -0.1) is 0 Å². The molecule has 2 N–H and O–H groups in total. The second-order valence-electron chi connectivity index (χ2n) is 4.73. The van der Waals surface area contributed by atoms with Crippen molar-refractivity contribution in [1.82, 2.24) is 10.6 Å². The first-order valence-corrected chi connectivity index (χ1v) is 6.34. The number of rotatable bonds is 4. The molecule has 0 amide bonds. The maximum atomic E-state index is 5.37. The minimum absolute atomic E-state index is 0.495. The molecule has 0 bridgehead atoms. The van der Waals surface area contributed by atoms with Gasteiger partial charge in [-0.3, -0.25) is 0 Å². The lowest BCUT2D eigenvalue weighted by Crippen LogP contribution is -2.38. The van der Waals surface area contributed by atoms with E-state index < -0.39 is 0 Å². The van der Waals surface area contributed by atoms with E-state index >= 15 is 0 Å². The van der Waals surface area contributed by atoms with Crippen LogP contribution < -0.4 is 10.6 Å². The van der Waals surface area contributed by atoms with E-state index in [1.165, 1.54) is 25.8 Å². The first kappa shape index (κ1) is 11.7. The monoisotopic (exact) mass is 222 g/mol. The summed E-state index contributed by atoms with van der Waals surface area (Å²) in [7, 11) is 0. The summed E-state index contributed by atoms with van der Waals surface area (Å²) in [6.07, 6.45) is 6.54. The van der Waals surface area contributed by atoms with Gasteiger partial charge in [0.2, 0.25) is 0 Å². The fourth-order valence-electron chi connectivity index (χ4n) is 2.38. The van der Waals surface area contributed by atoms with Crippen LogP contribution in [0.4, 0.5) is 0 Å². The number of nitrogens with one attached hydrogen (secondary N) is 2. The molecule has 2 atom stereocenters. The van der Waals surface area contributed by atoms with Crippen LogP contribution in [0.1, 0.15) is 31.9 Å². The quantitative estimate of drug-likeness (QED) is 0.817. The van der Waals surface area contributed by atoms with Gasteiger partial charge in [0.25, 0.3) is 0 Å².